The highest BCUT2D eigenvalue weighted by Crippen LogP contribution is 2.65. The molecule has 366 valence electrons. The Kier molecular flexibility index (Phi) is 9.16. The summed E-state index contributed by atoms with van der Waals surface area (Å²) in [7, 11) is 0. The maximum absolute atomic E-state index is 11.5. The van der Waals surface area contributed by atoms with E-state index in [1.165, 1.54) is 112 Å². The van der Waals surface area contributed by atoms with Crippen molar-refractivity contribution >= 4 is 0 Å². The van der Waals surface area contributed by atoms with Crippen LogP contribution in [0.5, 0.6) is 23.0 Å². The van der Waals surface area contributed by atoms with Crippen LogP contribution in [-0.4, -0.2) is 33.5 Å². The van der Waals surface area contributed by atoms with Gasteiger partial charge in [-0.05, 0) is 293 Å². The molecular formula is C64H76N2O4. The molecule has 6 heteroatoms. The van der Waals surface area contributed by atoms with Gasteiger partial charge in [-0.2, -0.15) is 0 Å². The molecule has 16 aliphatic rings. The number of benzene rings is 4. The van der Waals surface area contributed by atoms with Crippen LogP contribution in [0.1, 0.15) is 163 Å². The third kappa shape index (κ3) is 6.43. The second kappa shape index (κ2) is 15.0. The molecule has 6 nitrogen and oxygen atoms in total. The fourth-order valence-electron chi connectivity index (χ4n) is 22.1. The molecule has 0 heterocycles. The number of ether oxygens (including phenoxy) is 2. The summed E-state index contributed by atoms with van der Waals surface area (Å²) in [6, 6.07) is 32.5. The molecule has 16 aliphatic carbocycles. The Morgan fingerprint density at radius 3 is 1.09 bits per heavy atom. The van der Waals surface area contributed by atoms with Gasteiger partial charge in [-0.25, -0.2) is 0 Å². The standard InChI is InChI=1S/C64H76N2O4/c65-59-53-21-41-19-45(33-63(59,67)31-41)57(53)43-1-7-49(8-2-43)69-55-11-5-47(61-25-35-13-36(26-61)15-37(14-35)27-61)23-51(55)52-24-48(62-28-38-16-39(29-62)18-40(17-38)30-62)6-12-56(52)70-50-9-3-44(4-10-50)58-46-20-42-22-54(58)60(66)64(68,32-42)34-46/h1-12,23-24,35-42,45-46,53-54,57-60,67-68H,13-22,25-34,65-66H2. The van der Waals surface area contributed by atoms with Crippen LogP contribution in [0.3, 0.4) is 0 Å². The molecule has 0 saturated heterocycles. The van der Waals surface area contributed by atoms with E-state index in [4.69, 9.17) is 20.9 Å². The van der Waals surface area contributed by atoms with E-state index in [2.05, 4.69) is 84.9 Å². The molecule has 12 atom stereocenters. The molecule has 0 spiro atoms. The van der Waals surface area contributed by atoms with Gasteiger partial charge in [-0.3, -0.25) is 0 Å². The van der Waals surface area contributed by atoms with E-state index in [1.807, 2.05) is 0 Å². The number of hydrogen-bond donors (Lipinski definition) is 4. The lowest BCUT2D eigenvalue weighted by Gasteiger charge is -2.61. The fourth-order valence-corrected chi connectivity index (χ4v) is 22.1. The lowest BCUT2D eigenvalue weighted by molar-refractivity contribution is -0.150. The summed E-state index contributed by atoms with van der Waals surface area (Å²) in [5.41, 5.74) is 20.9. The van der Waals surface area contributed by atoms with Crippen molar-refractivity contribution in [1.82, 2.24) is 0 Å². The first kappa shape index (κ1) is 42.8. The third-order valence-electron chi connectivity index (χ3n) is 23.6. The summed E-state index contributed by atoms with van der Waals surface area (Å²) in [5, 5.41) is 23.1. The highest BCUT2D eigenvalue weighted by molar-refractivity contribution is 5.78. The third-order valence-corrected chi connectivity index (χ3v) is 23.6. The van der Waals surface area contributed by atoms with E-state index >= 15 is 0 Å². The maximum atomic E-state index is 11.5. The van der Waals surface area contributed by atoms with Gasteiger partial charge in [0.1, 0.15) is 23.0 Å². The zero-order chi connectivity index (χ0) is 46.5. The van der Waals surface area contributed by atoms with Gasteiger partial charge in [0.2, 0.25) is 0 Å². The van der Waals surface area contributed by atoms with Crippen molar-refractivity contribution in [2.24, 2.45) is 82.5 Å². The van der Waals surface area contributed by atoms with Crippen molar-refractivity contribution in [2.45, 2.75) is 174 Å². The molecule has 0 radical (unpaired) electrons. The van der Waals surface area contributed by atoms with Gasteiger partial charge < -0.3 is 31.2 Å². The topological polar surface area (TPSA) is 111 Å². The Morgan fingerprint density at radius 2 is 0.729 bits per heavy atom. The Bertz CT molecular complexity index is 2490. The van der Waals surface area contributed by atoms with Crippen LogP contribution in [0.15, 0.2) is 84.9 Å². The molecule has 0 amide bonds. The molecule has 16 bridgehead atoms. The minimum absolute atomic E-state index is 0.143. The van der Waals surface area contributed by atoms with Crippen molar-refractivity contribution < 1.29 is 19.7 Å². The monoisotopic (exact) mass is 937 g/mol. The minimum Gasteiger partial charge on any atom is -0.457 e. The zero-order valence-electron chi connectivity index (χ0n) is 41.3. The molecule has 0 aromatic heterocycles. The number of hydrogen-bond acceptors (Lipinski definition) is 6. The average Bonchev–Trinajstić information content (AvgIpc) is 3.32. The van der Waals surface area contributed by atoms with Gasteiger partial charge in [0, 0.05) is 23.2 Å². The van der Waals surface area contributed by atoms with E-state index < -0.39 is 11.2 Å². The van der Waals surface area contributed by atoms with Gasteiger partial charge in [0.15, 0.2) is 0 Å². The molecule has 20 rings (SSSR count). The molecule has 4 aromatic rings. The summed E-state index contributed by atoms with van der Waals surface area (Å²) in [6.07, 6.45) is 24.7. The first-order valence-electron chi connectivity index (χ1n) is 28.7. The molecule has 16 saturated carbocycles. The average molecular weight is 937 g/mol. The number of nitrogens with two attached hydrogens (primary N) is 2. The first-order valence-corrected chi connectivity index (χ1v) is 28.7. The van der Waals surface area contributed by atoms with E-state index in [9.17, 15) is 10.2 Å². The Labute approximate surface area is 416 Å². The van der Waals surface area contributed by atoms with E-state index in [-0.39, 0.29) is 22.9 Å². The Balaban J connectivity index is 0.783. The van der Waals surface area contributed by atoms with Crippen LogP contribution < -0.4 is 20.9 Å². The number of aliphatic hydroxyl groups is 2. The predicted molar refractivity (Wildman–Crippen MR) is 274 cm³/mol. The lowest BCUT2D eigenvalue weighted by atomic mass is 9.47. The first-order chi connectivity index (χ1) is 33.9. The number of rotatable bonds is 9. The predicted octanol–water partition coefficient (Wildman–Crippen LogP) is 13.1. The van der Waals surface area contributed by atoms with Crippen LogP contribution in [0.2, 0.25) is 0 Å². The largest absolute Gasteiger partial charge is 0.457 e. The summed E-state index contributed by atoms with van der Waals surface area (Å²) in [4.78, 5) is 0. The minimum atomic E-state index is -0.679. The van der Waals surface area contributed by atoms with Crippen molar-refractivity contribution in [2.75, 3.05) is 0 Å². The smallest absolute Gasteiger partial charge is 0.135 e. The molecule has 4 aromatic carbocycles. The highest BCUT2D eigenvalue weighted by Gasteiger charge is 2.61. The van der Waals surface area contributed by atoms with Crippen LogP contribution in [0.25, 0.3) is 11.1 Å². The molecule has 16 fully saturated rings. The summed E-state index contributed by atoms with van der Waals surface area (Å²) >= 11 is 0. The molecule has 70 heavy (non-hydrogen) atoms. The van der Waals surface area contributed by atoms with Crippen molar-refractivity contribution in [3.63, 3.8) is 0 Å². The lowest BCUT2D eigenvalue weighted by Crippen LogP contribution is -2.66. The van der Waals surface area contributed by atoms with Crippen LogP contribution in [-0.2, 0) is 10.8 Å². The normalized spacial score (nSPS) is 47.1. The van der Waals surface area contributed by atoms with E-state index in [0.717, 1.165) is 108 Å². The van der Waals surface area contributed by atoms with Gasteiger partial charge in [-0.1, -0.05) is 36.4 Å². The summed E-state index contributed by atoms with van der Waals surface area (Å²) < 4.78 is 14.5. The van der Waals surface area contributed by atoms with E-state index in [1.54, 1.807) is 0 Å². The molecular weight excluding hydrogens is 861 g/mol. The second-order valence-corrected chi connectivity index (χ2v) is 27.8. The van der Waals surface area contributed by atoms with Crippen molar-refractivity contribution in [3.05, 3.63) is 107 Å². The van der Waals surface area contributed by atoms with Crippen LogP contribution in [0, 0.1) is 71.0 Å². The van der Waals surface area contributed by atoms with Gasteiger partial charge >= 0.3 is 0 Å². The van der Waals surface area contributed by atoms with Crippen molar-refractivity contribution in [1.29, 1.82) is 0 Å². The van der Waals surface area contributed by atoms with Gasteiger partial charge in [0.05, 0.1) is 11.2 Å². The van der Waals surface area contributed by atoms with Gasteiger partial charge in [-0.15, -0.1) is 0 Å². The Morgan fingerprint density at radius 1 is 0.386 bits per heavy atom. The summed E-state index contributed by atoms with van der Waals surface area (Å²) in [6.45, 7) is 0. The zero-order valence-corrected chi connectivity index (χ0v) is 41.3. The molecule has 0 aliphatic heterocycles. The van der Waals surface area contributed by atoms with Crippen LogP contribution in [0.4, 0.5) is 0 Å². The maximum Gasteiger partial charge on any atom is 0.135 e. The summed E-state index contributed by atoms with van der Waals surface area (Å²) in [5.74, 6) is 12.4. The van der Waals surface area contributed by atoms with Crippen LogP contribution >= 0.6 is 0 Å². The SMILES string of the molecule is NC1C2CC3CC(CC1(O)C3)C2c1ccc(Oc2ccc(C34CC5CC(CC(C5)C3)C4)cc2-c2cc(C34CC5CC(CC(C5)C3)C4)ccc2Oc2ccc(C3C4CC5CC3C(N)C(O)(C5)C4)cc2)cc1. The Hall–Kier alpha value is -3.68. The second-order valence-electron chi connectivity index (χ2n) is 27.8. The van der Waals surface area contributed by atoms with Crippen molar-refractivity contribution in [3.8, 4) is 34.1 Å². The highest BCUT2D eigenvalue weighted by atomic mass is 16.5. The van der Waals surface area contributed by atoms with E-state index in [0.29, 0.717) is 47.3 Å². The molecule has 6 N–H and O–H groups in total. The van der Waals surface area contributed by atoms with Gasteiger partial charge in [0.25, 0.3) is 0 Å². The fraction of sp³-hybridized carbons (Fsp3) is 0.625. The quantitative estimate of drug-likeness (QED) is 0.133. The molecule has 12 unspecified atom stereocenters.